The lowest BCUT2D eigenvalue weighted by Crippen LogP contribution is -2.29. The number of furan rings is 1. The number of carbonyl (C=O) groups is 1. The van der Waals surface area contributed by atoms with Gasteiger partial charge in [-0.1, -0.05) is 6.08 Å². The molecule has 5 heteroatoms. The highest BCUT2D eigenvalue weighted by atomic mass is 16.5. The summed E-state index contributed by atoms with van der Waals surface area (Å²) in [6.07, 6.45) is 1.66. The molecule has 0 aliphatic heterocycles. The molecule has 1 rings (SSSR count). The Balaban J connectivity index is 2.68. The minimum Gasteiger partial charge on any atom is -0.456 e. The molecule has 0 bridgehead atoms. The zero-order valence-electron chi connectivity index (χ0n) is 8.58. The number of rotatable bonds is 5. The Hall–Kier alpha value is -1.59. The number of hydrogen-bond acceptors (Lipinski definition) is 4. The summed E-state index contributed by atoms with van der Waals surface area (Å²) in [4.78, 5) is 11.1. The second kappa shape index (κ2) is 5.33. The number of nitrogens with two attached hydrogens (primary N) is 1. The van der Waals surface area contributed by atoms with Crippen LogP contribution in [0.2, 0.25) is 0 Å². The Kier molecular flexibility index (Phi) is 4.08. The summed E-state index contributed by atoms with van der Waals surface area (Å²) in [6.45, 7) is 6.15. The maximum atomic E-state index is 11.1. The third-order valence-electron chi connectivity index (χ3n) is 1.87. The van der Waals surface area contributed by atoms with Crippen molar-refractivity contribution in [3.05, 3.63) is 35.8 Å². The largest absolute Gasteiger partial charge is 0.456 e. The smallest absolute Gasteiger partial charge is 0.300 e. The average Bonchev–Trinajstić information content (AvgIpc) is 2.60. The summed E-state index contributed by atoms with van der Waals surface area (Å²) in [5.41, 5.74) is 2.83. The number of nitrogens with one attached hydrogen (secondary N) is 1. The van der Waals surface area contributed by atoms with Crippen LogP contribution in [0.25, 0.3) is 0 Å². The van der Waals surface area contributed by atoms with E-state index in [1.54, 1.807) is 19.1 Å². The molecule has 1 heterocycles. The van der Waals surface area contributed by atoms with Gasteiger partial charge in [-0.3, -0.25) is 10.2 Å². The molecule has 1 aromatic rings. The van der Waals surface area contributed by atoms with Crippen LogP contribution in [0.15, 0.2) is 23.1 Å². The Labute approximate surface area is 87.9 Å². The zero-order valence-corrected chi connectivity index (χ0v) is 8.58. The van der Waals surface area contributed by atoms with Crippen molar-refractivity contribution in [1.29, 1.82) is 0 Å². The summed E-state index contributed by atoms with van der Waals surface area (Å²) in [7, 11) is 0. The number of ether oxygens (including phenoxy) is 1. The van der Waals surface area contributed by atoms with Gasteiger partial charge in [-0.05, 0) is 13.0 Å². The molecule has 0 aliphatic rings. The Morgan fingerprint density at radius 2 is 2.53 bits per heavy atom. The fourth-order valence-corrected chi connectivity index (χ4v) is 1.10. The Bertz CT molecular complexity index is 358. The van der Waals surface area contributed by atoms with Crippen LogP contribution in [0.5, 0.6) is 0 Å². The normalized spacial score (nSPS) is 10.0. The van der Waals surface area contributed by atoms with E-state index >= 15 is 0 Å². The van der Waals surface area contributed by atoms with Gasteiger partial charge in [0.05, 0.1) is 13.2 Å². The molecule has 0 saturated heterocycles. The van der Waals surface area contributed by atoms with E-state index < -0.39 is 5.91 Å². The summed E-state index contributed by atoms with van der Waals surface area (Å²) >= 11 is 0. The monoisotopic (exact) mass is 210 g/mol. The zero-order chi connectivity index (χ0) is 11.3. The molecule has 0 atom stereocenters. The van der Waals surface area contributed by atoms with Crippen LogP contribution in [-0.2, 0) is 11.3 Å². The first-order chi connectivity index (χ1) is 7.19. The van der Waals surface area contributed by atoms with Crippen molar-refractivity contribution in [2.75, 3.05) is 6.61 Å². The van der Waals surface area contributed by atoms with Crippen molar-refractivity contribution in [2.24, 2.45) is 5.84 Å². The van der Waals surface area contributed by atoms with Gasteiger partial charge in [0, 0.05) is 5.56 Å². The van der Waals surface area contributed by atoms with Crippen molar-refractivity contribution in [3.8, 4) is 0 Å². The first kappa shape index (κ1) is 11.5. The van der Waals surface area contributed by atoms with Crippen molar-refractivity contribution in [3.63, 3.8) is 0 Å². The molecule has 0 spiro atoms. The summed E-state index contributed by atoms with van der Waals surface area (Å²) in [6, 6.07) is 1.61. The van der Waals surface area contributed by atoms with Gasteiger partial charge in [-0.15, -0.1) is 6.58 Å². The average molecular weight is 210 g/mol. The van der Waals surface area contributed by atoms with Gasteiger partial charge >= 0.3 is 5.91 Å². The lowest BCUT2D eigenvalue weighted by atomic mass is 10.2. The molecule has 0 aromatic carbocycles. The number of hydrogen-bond donors (Lipinski definition) is 2. The number of carbonyl (C=O) groups excluding carboxylic acids is 1. The van der Waals surface area contributed by atoms with Crippen LogP contribution in [-0.4, -0.2) is 12.5 Å². The van der Waals surface area contributed by atoms with Crippen molar-refractivity contribution in [2.45, 2.75) is 13.5 Å². The maximum absolute atomic E-state index is 11.1. The minimum atomic E-state index is -0.451. The maximum Gasteiger partial charge on any atom is 0.300 e. The van der Waals surface area contributed by atoms with Crippen molar-refractivity contribution >= 4 is 5.91 Å². The molecule has 0 radical (unpaired) electrons. The van der Waals surface area contributed by atoms with Gasteiger partial charge in [0.1, 0.15) is 5.76 Å². The van der Waals surface area contributed by atoms with Crippen LogP contribution in [0.4, 0.5) is 0 Å². The third kappa shape index (κ3) is 2.93. The Morgan fingerprint density at radius 1 is 1.80 bits per heavy atom. The number of nitrogen functional groups attached to an aromatic ring is 1. The van der Waals surface area contributed by atoms with E-state index in [0.717, 1.165) is 5.56 Å². The van der Waals surface area contributed by atoms with Crippen LogP contribution in [0, 0.1) is 6.92 Å². The summed E-state index contributed by atoms with van der Waals surface area (Å²) in [5, 5.41) is 0. The SMILES string of the molecule is C=CCOCc1cc(C(=O)NN)oc1C. The summed E-state index contributed by atoms with van der Waals surface area (Å²) in [5.74, 6) is 5.37. The highest BCUT2D eigenvalue weighted by molar-refractivity contribution is 5.91. The van der Waals surface area contributed by atoms with Crippen molar-refractivity contribution in [1.82, 2.24) is 5.43 Å². The minimum absolute atomic E-state index is 0.187. The first-order valence-corrected chi connectivity index (χ1v) is 4.48. The van der Waals surface area contributed by atoms with Gasteiger partial charge in [-0.25, -0.2) is 5.84 Å². The fraction of sp³-hybridized carbons (Fsp3) is 0.300. The van der Waals surface area contributed by atoms with Gasteiger partial charge in [0.15, 0.2) is 5.76 Å². The van der Waals surface area contributed by atoms with Crippen LogP contribution in [0.3, 0.4) is 0 Å². The van der Waals surface area contributed by atoms with Crippen LogP contribution >= 0.6 is 0 Å². The quantitative estimate of drug-likeness (QED) is 0.249. The molecular weight excluding hydrogens is 196 g/mol. The van der Waals surface area contributed by atoms with Gasteiger partial charge in [0.25, 0.3) is 0 Å². The Morgan fingerprint density at radius 3 is 3.13 bits per heavy atom. The van der Waals surface area contributed by atoms with E-state index in [1.165, 1.54) is 0 Å². The highest BCUT2D eigenvalue weighted by Gasteiger charge is 2.12. The molecule has 0 fully saturated rings. The molecule has 82 valence electrons. The van der Waals surface area contributed by atoms with Gasteiger partial charge < -0.3 is 9.15 Å². The van der Waals surface area contributed by atoms with Crippen LogP contribution in [0.1, 0.15) is 21.9 Å². The second-order valence-electron chi connectivity index (χ2n) is 2.97. The van der Waals surface area contributed by atoms with E-state index in [2.05, 4.69) is 6.58 Å². The van der Waals surface area contributed by atoms with E-state index in [4.69, 9.17) is 15.0 Å². The summed E-state index contributed by atoms with van der Waals surface area (Å²) < 4.78 is 10.4. The molecule has 0 saturated carbocycles. The number of aryl methyl sites for hydroxylation is 1. The molecule has 0 unspecified atom stereocenters. The topological polar surface area (TPSA) is 77.5 Å². The molecular formula is C10H14N2O3. The lowest BCUT2D eigenvalue weighted by Gasteiger charge is -1.97. The third-order valence-corrected chi connectivity index (χ3v) is 1.87. The lowest BCUT2D eigenvalue weighted by molar-refractivity contribution is 0.0924. The fourth-order valence-electron chi connectivity index (χ4n) is 1.10. The molecule has 3 N–H and O–H groups in total. The number of hydrazine groups is 1. The molecule has 5 nitrogen and oxygen atoms in total. The predicted molar refractivity (Wildman–Crippen MR) is 55.0 cm³/mol. The number of amides is 1. The molecule has 0 aliphatic carbocycles. The van der Waals surface area contributed by atoms with E-state index in [0.29, 0.717) is 19.0 Å². The molecule has 1 aromatic heterocycles. The molecule has 15 heavy (non-hydrogen) atoms. The molecule has 1 amide bonds. The standard InChI is InChI=1S/C10H14N2O3/c1-3-4-14-6-8-5-9(10(13)12-11)15-7(8)2/h3,5H,1,4,6,11H2,2H3,(H,12,13). The van der Waals surface area contributed by atoms with E-state index in [9.17, 15) is 4.79 Å². The van der Waals surface area contributed by atoms with E-state index in [-0.39, 0.29) is 5.76 Å². The van der Waals surface area contributed by atoms with E-state index in [1.807, 2.05) is 5.43 Å². The van der Waals surface area contributed by atoms with Gasteiger partial charge in [0.2, 0.25) is 0 Å². The predicted octanol–water partition coefficient (Wildman–Crippen LogP) is 0.894. The second-order valence-corrected chi connectivity index (χ2v) is 2.97. The van der Waals surface area contributed by atoms with Crippen LogP contribution < -0.4 is 11.3 Å². The van der Waals surface area contributed by atoms with Gasteiger partial charge in [-0.2, -0.15) is 0 Å². The highest BCUT2D eigenvalue weighted by Crippen LogP contribution is 2.15. The van der Waals surface area contributed by atoms with Crippen molar-refractivity contribution < 1.29 is 13.9 Å². The first-order valence-electron chi connectivity index (χ1n) is 4.48.